The van der Waals surface area contributed by atoms with Crippen LogP contribution in [0.3, 0.4) is 0 Å². The van der Waals surface area contributed by atoms with Crippen LogP contribution in [0.4, 0.5) is 0 Å². The van der Waals surface area contributed by atoms with Crippen molar-refractivity contribution in [3.63, 3.8) is 0 Å². The lowest BCUT2D eigenvalue weighted by atomic mass is 9.99. The van der Waals surface area contributed by atoms with Crippen molar-refractivity contribution < 1.29 is 4.74 Å². The van der Waals surface area contributed by atoms with E-state index in [9.17, 15) is 0 Å². The van der Waals surface area contributed by atoms with Gasteiger partial charge in [0.05, 0.1) is 18.3 Å². The van der Waals surface area contributed by atoms with Crippen LogP contribution in [-0.2, 0) is 0 Å². The maximum absolute atomic E-state index is 5.26. The molecule has 4 aromatic rings. The van der Waals surface area contributed by atoms with Gasteiger partial charge in [-0.05, 0) is 48.7 Å². The van der Waals surface area contributed by atoms with Crippen LogP contribution < -0.4 is 4.74 Å². The van der Waals surface area contributed by atoms with E-state index in [4.69, 9.17) is 9.72 Å². The first kappa shape index (κ1) is 13.8. The average Bonchev–Trinajstić information content (AvgIpc) is 2.61. The van der Waals surface area contributed by atoms with Crippen molar-refractivity contribution in [2.45, 2.75) is 6.92 Å². The number of aryl methyl sites for hydroxylation is 1. The molecule has 0 saturated heterocycles. The van der Waals surface area contributed by atoms with Crippen LogP contribution in [0.25, 0.3) is 32.9 Å². The molecule has 0 unspecified atom stereocenters. The third-order valence-corrected chi connectivity index (χ3v) is 4.22. The van der Waals surface area contributed by atoms with Gasteiger partial charge in [0.25, 0.3) is 0 Å². The molecule has 2 heteroatoms. The van der Waals surface area contributed by atoms with Crippen LogP contribution in [0.2, 0.25) is 0 Å². The lowest BCUT2D eigenvalue weighted by molar-refractivity contribution is 0.415. The summed E-state index contributed by atoms with van der Waals surface area (Å²) in [5.74, 6) is 0.856. The highest BCUT2D eigenvalue weighted by molar-refractivity contribution is 6.10. The van der Waals surface area contributed by atoms with E-state index < -0.39 is 0 Å². The summed E-state index contributed by atoms with van der Waals surface area (Å²) in [6, 6.07) is 23.0. The van der Waals surface area contributed by atoms with Gasteiger partial charge in [-0.1, -0.05) is 35.9 Å². The van der Waals surface area contributed by atoms with Crippen LogP contribution in [0.5, 0.6) is 5.75 Å². The number of hydrogen-bond donors (Lipinski definition) is 0. The zero-order valence-corrected chi connectivity index (χ0v) is 13.2. The summed E-state index contributed by atoms with van der Waals surface area (Å²) in [4.78, 5) is 4.93. The van der Waals surface area contributed by atoms with Gasteiger partial charge in [0.15, 0.2) is 0 Å². The number of ether oxygens (including phenoxy) is 1. The fourth-order valence-corrected chi connectivity index (χ4v) is 3.04. The molecule has 112 valence electrons. The first-order valence-electron chi connectivity index (χ1n) is 7.70. The molecule has 0 bridgehead atoms. The molecule has 0 spiro atoms. The summed E-state index contributed by atoms with van der Waals surface area (Å²) < 4.78 is 5.26. The normalized spacial score (nSPS) is 11.0. The topological polar surface area (TPSA) is 22.1 Å². The highest BCUT2D eigenvalue weighted by atomic mass is 16.5. The number of rotatable bonds is 2. The summed E-state index contributed by atoms with van der Waals surface area (Å²) in [6.45, 7) is 2.12. The summed E-state index contributed by atoms with van der Waals surface area (Å²) >= 11 is 0. The lowest BCUT2D eigenvalue weighted by Gasteiger charge is -2.11. The van der Waals surface area contributed by atoms with Crippen LogP contribution >= 0.6 is 0 Å². The maximum Gasteiger partial charge on any atom is 0.118 e. The average molecular weight is 299 g/mol. The van der Waals surface area contributed by atoms with Gasteiger partial charge in [-0.2, -0.15) is 0 Å². The van der Waals surface area contributed by atoms with Crippen LogP contribution in [0.15, 0.2) is 66.7 Å². The maximum atomic E-state index is 5.26. The van der Waals surface area contributed by atoms with Gasteiger partial charge in [0, 0.05) is 16.3 Å². The predicted molar refractivity (Wildman–Crippen MR) is 96.0 cm³/mol. The Kier molecular flexibility index (Phi) is 3.23. The molecule has 0 N–H and O–H groups in total. The van der Waals surface area contributed by atoms with Gasteiger partial charge in [-0.3, -0.25) is 0 Å². The fraction of sp³-hybridized carbons (Fsp3) is 0.0952. The van der Waals surface area contributed by atoms with Crippen molar-refractivity contribution in [2.75, 3.05) is 7.11 Å². The van der Waals surface area contributed by atoms with Crippen molar-refractivity contribution in [2.24, 2.45) is 0 Å². The summed E-state index contributed by atoms with van der Waals surface area (Å²) in [5, 5.41) is 3.63. The molecule has 0 radical (unpaired) electrons. The number of hydrogen-bond acceptors (Lipinski definition) is 2. The zero-order valence-electron chi connectivity index (χ0n) is 13.2. The molecule has 0 fully saturated rings. The molecule has 0 atom stereocenters. The predicted octanol–water partition coefficient (Wildman–Crippen LogP) is 5.37. The van der Waals surface area contributed by atoms with E-state index >= 15 is 0 Å². The Morgan fingerprint density at radius 3 is 2.26 bits per heavy atom. The first-order chi connectivity index (χ1) is 11.3. The molecule has 1 aromatic heterocycles. The highest BCUT2D eigenvalue weighted by Gasteiger charge is 2.10. The second-order valence-corrected chi connectivity index (χ2v) is 5.76. The number of pyridine rings is 1. The molecule has 4 rings (SSSR count). The summed E-state index contributed by atoms with van der Waals surface area (Å²) in [7, 11) is 1.68. The van der Waals surface area contributed by atoms with Crippen LogP contribution in [-0.4, -0.2) is 12.1 Å². The Balaban J connectivity index is 2.06. The Bertz CT molecular complexity index is 1000. The Morgan fingerprint density at radius 2 is 1.52 bits per heavy atom. The number of fused-ring (bicyclic) bond motifs is 3. The van der Waals surface area contributed by atoms with E-state index in [1.165, 1.54) is 21.7 Å². The monoisotopic (exact) mass is 299 g/mol. The van der Waals surface area contributed by atoms with Crippen LogP contribution in [0, 0.1) is 6.92 Å². The van der Waals surface area contributed by atoms with E-state index in [2.05, 4.69) is 61.5 Å². The molecule has 0 aliphatic rings. The third kappa shape index (κ3) is 2.33. The second kappa shape index (κ2) is 5.40. The Morgan fingerprint density at radius 1 is 0.783 bits per heavy atom. The standard InChI is InChI=1S/C21H17NO/c1-14-7-12-20-19(13-14)17-5-3-4-6-18(17)21(22-20)15-8-10-16(23-2)11-9-15/h3-13H,1-2H3. The van der Waals surface area contributed by atoms with Gasteiger partial charge < -0.3 is 4.74 Å². The van der Waals surface area contributed by atoms with Crippen molar-refractivity contribution in [3.05, 3.63) is 72.3 Å². The molecular formula is C21H17NO. The summed E-state index contributed by atoms with van der Waals surface area (Å²) in [5.41, 5.74) is 4.39. The second-order valence-electron chi connectivity index (χ2n) is 5.76. The largest absolute Gasteiger partial charge is 0.497 e. The Labute approximate surface area is 135 Å². The number of aromatic nitrogens is 1. The molecule has 0 aliphatic carbocycles. The van der Waals surface area contributed by atoms with Gasteiger partial charge >= 0.3 is 0 Å². The van der Waals surface area contributed by atoms with Crippen LogP contribution in [0.1, 0.15) is 5.56 Å². The SMILES string of the molecule is COc1ccc(-c2nc3ccc(C)cc3c3ccccc23)cc1. The molecule has 1 heterocycles. The smallest absolute Gasteiger partial charge is 0.118 e. The van der Waals surface area contributed by atoms with E-state index in [1.807, 2.05) is 12.1 Å². The van der Waals surface area contributed by atoms with Gasteiger partial charge in [-0.15, -0.1) is 0 Å². The molecule has 2 nitrogen and oxygen atoms in total. The van der Waals surface area contributed by atoms with Gasteiger partial charge in [0.1, 0.15) is 5.75 Å². The van der Waals surface area contributed by atoms with E-state index in [-0.39, 0.29) is 0 Å². The minimum absolute atomic E-state index is 0.856. The van der Waals surface area contributed by atoms with E-state index in [0.29, 0.717) is 0 Å². The van der Waals surface area contributed by atoms with Crippen molar-refractivity contribution in [1.82, 2.24) is 4.98 Å². The zero-order chi connectivity index (χ0) is 15.8. The van der Waals surface area contributed by atoms with Gasteiger partial charge in [-0.25, -0.2) is 4.98 Å². The molecule has 0 aliphatic heterocycles. The van der Waals surface area contributed by atoms with E-state index in [0.717, 1.165) is 22.5 Å². The minimum Gasteiger partial charge on any atom is -0.497 e. The molecule has 3 aromatic carbocycles. The number of nitrogens with zero attached hydrogens (tertiary/aromatic N) is 1. The first-order valence-corrected chi connectivity index (χ1v) is 7.70. The minimum atomic E-state index is 0.856. The molecule has 0 amide bonds. The quantitative estimate of drug-likeness (QED) is 0.464. The van der Waals surface area contributed by atoms with E-state index in [1.54, 1.807) is 7.11 Å². The van der Waals surface area contributed by atoms with Crippen molar-refractivity contribution in [1.29, 1.82) is 0 Å². The fourth-order valence-electron chi connectivity index (χ4n) is 3.04. The number of benzene rings is 3. The van der Waals surface area contributed by atoms with Crippen molar-refractivity contribution in [3.8, 4) is 17.0 Å². The molecular weight excluding hydrogens is 282 g/mol. The van der Waals surface area contributed by atoms with Crippen molar-refractivity contribution >= 4 is 21.7 Å². The number of methoxy groups -OCH3 is 1. The van der Waals surface area contributed by atoms with Gasteiger partial charge in [0.2, 0.25) is 0 Å². The summed E-state index contributed by atoms with van der Waals surface area (Å²) in [6.07, 6.45) is 0. The lowest BCUT2D eigenvalue weighted by Crippen LogP contribution is -1.90. The molecule has 23 heavy (non-hydrogen) atoms. The Hall–Kier alpha value is -2.87. The third-order valence-electron chi connectivity index (χ3n) is 4.22. The highest BCUT2D eigenvalue weighted by Crippen LogP contribution is 2.33. The molecule has 0 saturated carbocycles.